The first-order valence-corrected chi connectivity index (χ1v) is 8.55. The lowest BCUT2D eigenvalue weighted by atomic mass is 10.0. The van der Waals surface area contributed by atoms with Crippen LogP contribution in [0.5, 0.6) is 0 Å². The number of ether oxygens (including phenoxy) is 1. The standard InChI is InChI=1S/C16H20N6O5/c1-18-10(6-12(23)19(2)14(18)25)13(24)21-5-4-16(8-21)9-22-11(7-27-16)17-20(3)15(22)26/h6H,4-5,7-9H2,1-3H3. The molecule has 4 heterocycles. The predicted molar refractivity (Wildman–Crippen MR) is 92.4 cm³/mol. The minimum Gasteiger partial charge on any atom is -0.363 e. The Morgan fingerprint density at radius 2 is 1.85 bits per heavy atom. The predicted octanol–water partition coefficient (Wildman–Crippen LogP) is -2.21. The molecule has 144 valence electrons. The third-order valence-electron chi connectivity index (χ3n) is 5.39. The molecule has 4 rings (SSSR count). The van der Waals surface area contributed by atoms with Gasteiger partial charge in [0.05, 0.1) is 13.1 Å². The van der Waals surface area contributed by atoms with Crippen molar-refractivity contribution in [2.45, 2.75) is 25.2 Å². The van der Waals surface area contributed by atoms with Crippen LogP contribution >= 0.6 is 0 Å². The first-order valence-electron chi connectivity index (χ1n) is 8.55. The molecule has 0 aliphatic carbocycles. The Labute approximate surface area is 153 Å². The number of rotatable bonds is 1. The minimum absolute atomic E-state index is 0.0372. The summed E-state index contributed by atoms with van der Waals surface area (Å²) in [7, 11) is 4.41. The second-order valence-electron chi connectivity index (χ2n) is 7.13. The fraction of sp³-hybridized carbons (Fsp3) is 0.562. The largest absolute Gasteiger partial charge is 0.363 e. The maximum Gasteiger partial charge on any atom is 0.345 e. The minimum atomic E-state index is -0.672. The summed E-state index contributed by atoms with van der Waals surface area (Å²) in [4.78, 5) is 50.7. The Bertz CT molecular complexity index is 1120. The van der Waals surface area contributed by atoms with Crippen molar-refractivity contribution in [1.82, 2.24) is 28.4 Å². The van der Waals surface area contributed by atoms with Crippen LogP contribution in [-0.4, -0.2) is 53.0 Å². The van der Waals surface area contributed by atoms with Gasteiger partial charge in [-0.25, -0.2) is 14.3 Å². The molecule has 0 aromatic carbocycles. The van der Waals surface area contributed by atoms with Crippen molar-refractivity contribution in [1.29, 1.82) is 0 Å². The summed E-state index contributed by atoms with van der Waals surface area (Å²) >= 11 is 0. The number of likely N-dealkylation sites (tertiary alicyclic amines) is 1. The lowest BCUT2D eigenvalue weighted by Crippen LogP contribution is -2.48. The molecule has 2 aliphatic rings. The maximum absolute atomic E-state index is 12.9. The summed E-state index contributed by atoms with van der Waals surface area (Å²) in [6.07, 6.45) is 0.554. The van der Waals surface area contributed by atoms with E-state index in [1.165, 1.54) is 29.4 Å². The van der Waals surface area contributed by atoms with Gasteiger partial charge in [-0.05, 0) is 6.42 Å². The molecular weight excluding hydrogens is 356 g/mol. The van der Waals surface area contributed by atoms with E-state index in [0.29, 0.717) is 25.3 Å². The van der Waals surface area contributed by atoms with Gasteiger partial charge in [0, 0.05) is 33.8 Å². The lowest BCUT2D eigenvalue weighted by molar-refractivity contribution is -0.0816. The quantitative estimate of drug-likeness (QED) is 0.558. The van der Waals surface area contributed by atoms with Gasteiger partial charge in [0.1, 0.15) is 17.9 Å². The molecule has 1 amide bonds. The molecule has 0 radical (unpaired) electrons. The molecule has 0 bridgehead atoms. The number of carbonyl (C=O) groups is 1. The smallest absolute Gasteiger partial charge is 0.345 e. The van der Waals surface area contributed by atoms with Crippen LogP contribution in [0, 0.1) is 0 Å². The summed E-state index contributed by atoms with van der Waals surface area (Å²) in [5, 5.41) is 4.13. The van der Waals surface area contributed by atoms with E-state index in [4.69, 9.17) is 4.74 Å². The molecule has 11 nitrogen and oxygen atoms in total. The zero-order valence-electron chi connectivity index (χ0n) is 15.3. The topological polar surface area (TPSA) is 113 Å². The van der Waals surface area contributed by atoms with Gasteiger partial charge in [-0.3, -0.25) is 23.3 Å². The molecule has 1 fully saturated rings. The highest BCUT2D eigenvalue weighted by atomic mass is 16.5. The number of fused-ring (bicyclic) bond motifs is 1. The van der Waals surface area contributed by atoms with Crippen molar-refractivity contribution in [3.63, 3.8) is 0 Å². The maximum atomic E-state index is 12.9. The van der Waals surface area contributed by atoms with Gasteiger partial charge in [-0.2, -0.15) is 5.10 Å². The van der Waals surface area contributed by atoms with Crippen LogP contribution in [0.15, 0.2) is 20.4 Å². The zero-order valence-corrected chi connectivity index (χ0v) is 15.3. The Morgan fingerprint density at radius 3 is 2.59 bits per heavy atom. The Morgan fingerprint density at radius 1 is 1.11 bits per heavy atom. The average Bonchev–Trinajstić information content (AvgIpc) is 3.18. The molecule has 2 aliphatic heterocycles. The van der Waals surface area contributed by atoms with E-state index >= 15 is 0 Å². The van der Waals surface area contributed by atoms with E-state index in [0.717, 1.165) is 4.57 Å². The van der Waals surface area contributed by atoms with Crippen molar-refractivity contribution in [2.24, 2.45) is 21.1 Å². The van der Waals surface area contributed by atoms with Gasteiger partial charge in [-0.15, -0.1) is 0 Å². The summed E-state index contributed by atoms with van der Waals surface area (Å²) in [5.41, 5.74) is -1.94. The van der Waals surface area contributed by atoms with Gasteiger partial charge in [-0.1, -0.05) is 0 Å². The van der Waals surface area contributed by atoms with Crippen LogP contribution < -0.4 is 16.9 Å². The number of aryl methyl sites for hydroxylation is 1. The molecule has 1 unspecified atom stereocenters. The fourth-order valence-corrected chi connectivity index (χ4v) is 3.74. The van der Waals surface area contributed by atoms with Gasteiger partial charge in [0.25, 0.3) is 11.5 Å². The van der Waals surface area contributed by atoms with E-state index in [1.54, 1.807) is 16.5 Å². The number of amides is 1. The van der Waals surface area contributed by atoms with E-state index in [9.17, 15) is 19.2 Å². The molecule has 0 N–H and O–H groups in total. The van der Waals surface area contributed by atoms with Crippen LogP contribution in [0.2, 0.25) is 0 Å². The number of carbonyl (C=O) groups excluding carboxylic acids is 1. The third-order valence-corrected chi connectivity index (χ3v) is 5.39. The normalized spacial score (nSPS) is 21.7. The van der Waals surface area contributed by atoms with E-state index < -0.39 is 22.8 Å². The second kappa shape index (κ2) is 5.78. The van der Waals surface area contributed by atoms with Crippen molar-refractivity contribution in [3.05, 3.63) is 48.9 Å². The third kappa shape index (κ3) is 2.57. The molecular formula is C16H20N6O5. The Hall–Kier alpha value is -2.95. The summed E-state index contributed by atoms with van der Waals surface area (Å²) in [5.74, 6) is 0.156. The SMILES string of the molecule is Cn1nc2n(c1=O)CC1(CCN(C(=O)c3cc(=O)n(C)c(=O)n3C)C1)OC2. The Balaban J connectivity index is 1.61. The summed E-state index contributed by atoms with van der Waals surface area (Å²) < 4.78 is 10.9. The van der Waals surface area contributed by atoms with Crippen LogP contribution in [0.1, 0.15) is 22.7 Å². The molecule has 27 heavy (non-hydrogen) atoms. The lowest BCUT2D eigenvalue weighted by Gasteiger charge is -2.33. The van der Waals surface area contributed by atoms with E-state index in [2.05, 4.69) is 5.10 Å². The first-order chi connectivity index (χ1) is 12.7. The second-order valence-corrected chi connectivity index (χ2v) is 7.13. The van der Waals surface area contributed by atoms with Crippen LogP contribution in [0.25, 0.3) is 0 Å². The van der Waals surface area contributed by atoms with Crippen LogP contribution in [0.3, 0.4) is 0 Å². The van der Waals surface area contributed by atoms with Gasteiger partial charge < -0.3 is 9.64 Å². The molecule has 1 saturated heterocycles. The summed E-state index contributed by atoms with van der Waals surface area (Å²) in [6, 6.07) is 1.17. The highest BCUT2D eigenvalue weighted by molar-refractivity contribution is 5.92. The number of hydrogen-bond acceptors (Lipinski definition) is 6. The fourth-order valence-electron chi connectivity index (χ4n) is 3.74. The van der Waals surface area contributed by atoms with Crippen molar-refractivity contribution in [3.8, 4) is 0 Å². The molecule has 2 aromatic rings. The number of aromatic nitrogens is 5. The average molecular weight is 376 g/mol. The number of hydrogen-bond donors (Lipinski definition) is 0. The molecule has 1 spiro atoms. The highest BCUT2D eigenvalue weighted by Gasteiger charge is 2.45. The monoisotopic (exact) mass is 376 g/mol. The van der Waals surface area contributed by atoms with Crippen molar-refractivity contribution >= 4 is 5.91 Å². The van der Waals surface area contributed by atoms with Crippen LogP contribution in [-0.2, 0) is 39.0 Å². The first kappa shape index (κ1) is 17.5. The van der Waals surface area contributed by atoms with Gasteiger partial charge >= 0.3 is 11.4 Å². The molecule has 2 aromatic heterocycles. The van der Waals surface area contributed by atoms with Gasteiger partial charge in [0.15, 0.2) is 5.82 Å². The number of nitrogens with zero attached hydrogens (tertiary/aromatic N) is 6. The zero-order chi connectivity index (χ0) is 19.5. The van der Waals surface area contributed by atoms with E-state index in [-0.39, 0.29) is 24.5 Å². The highest BCUT2D eigenvalue weighted by Crippen LogP contribution is 2.31. The van der Waals surface area contributed by atoms with E-state index in [1.807, 2.05) is 0 Å². The molecule has 0 saturated carbocycles. The van der Waals surface area contributed by atoms with Crippen molar-refractivity contribution < 1.29 is 9.53 Å². The molecule has 1 atom stereocenters. The Kier molecular flexibility index (Phi) is 3.74. The molecule has 11 heteroatoms. The summed E-state index contributed by atoms with van der Waals surface area (Å²) in [6.45, 7) is 1.19. The van der Waals surface area contributed by atoms with Crippen LogP contribution in [0.4, 0.5) is 0 Å². The van der Waals surface area contributed by atoms with Crippen molar-refractivity contribution in [2.75, 3.05) is 13.1 Å². The van der Waals surface area contributed by atoms with Gasteiger partial charge in [0.2, 0.25) is 0 Å².